The highest BCUT2D eigenvalue weighted by Gasteiger charge is 2.25. The van der Waals surface area contributed by atoms with Gasteiger partial charge in [-0.25, -0.2) is 8.42 Å². The van der Waals surface area contributed by atoms with E-state index in [4.69, 9.17) is 5.11 Å². The van der Waals surface area contributed by atoms with E-state index in [-0.39, 0.29) is 11.5 Å². The minimum Gasteiger partial charge on any atom is -0.392 e. The van der Waals surface area contributed by atoms with Crippen LogP contribution in [0.1, 0.15) is 18.9 Å². The summed E-state index contributed by atoms with van der Waals surface area (Å²) in [5, 5.41) is 9.09. The molecule has 0 atom stereocenters. The van der Waals surface area contributed by atoms with Crippen molar-refractivity contribution in [1.29, 1.82) is 0 Å². The molecular formula is C14H23BrN2O3S. The van der Waals surface area contributed by atoms with Gasteiger partial charge >= 0.3 is 0 Å². The molecule has 0 radical (unpaired) electrons. The molecule has 1 rings (SSSR count). The Kier molecular flexibility index (Phi) is 7.29. The first-order valence-corrected chi connectivity index (χ1v) is 9.10. The average molecular weight is 379 g/mol. The standard InChI is InChI=1S/C14H23BrN2O3S/c1-4-17(9-5-8-16(2)3)21(19,20)14-7-6-12(11-18)10-13(14)15/h6-7,10,18H,4-5,8-9,11H2,1-3H3. The molecular weight excluding hydrogens is 356 g/mol. The minimum atomic E-state index is -3.52. The molecule has 7 heteroatoms. The summed E-state index contributed by atoms with van der Waals surface area (Å²) in [6.45, 7) is 3.49. The van der Waals surface area contributed by atoms with Crippen LogP contribution < -0.4 is 0 Å². The molecule has 21 heavy (non-hydrogen) atoms. The Bertz CT molecular complexity index is 561. The van der Waals surface area contributed by atoms with Crippen LogP contribution in [0.4, 0.5) is 0 Å². The van der Waals surface area contributed by atoms with E-state index >= 15 is 0 Å². The van der Waals surface area contributed by atoms with Crippen molar-refractivity contribution in [3.05, 3.63) is 28.2 Å². The lowest BCUT2D eigenvalue weighted by Gasteiger charge is -2.22. The van der Waals surface area contributed by atoms with Crippen molar-refractivity contribution in [2.75, 3.05) is 33.7 Å². The average Bonchev–Trinajstić information content (AvgIpc) is 2.42. The van der Waals surface area contributed by atoms with Gasteiger partial charge in [-0.3, -0.25) is 0 Å². The zero-order valence-corrected chi connectivity index (χ0v) is 15.1. The lowest BCUT2D eigenvalue weighted by molar-refractivity contribution is 0.281. The van der Waals surface area contributed by atoms with E-state index in [1.807, 2.05) is 25.9 Å². The Morgan fingerprint density at radius 3 is 2.38 bits per heavy atom. The topological polar surface area (TPSA) is 60.9 Å². The molecule has 0 unspecified atom stereocenters. The molecule has 120 valence electrons. The Morgan fingerprint density at radius 1 is 1.24 bits per heavy atom. The summed E-state index contributed by atoms with van der Waals surface area (Å²) in [6.07, 6.45) is 0.784. The van der Waals surface area contributed by atoms with Crippen molar-refractivity contribution < 1.29 is 13.5 Å². The van der Waals surface area contributed by atoms with Crippen molar-refractivity contribution in [2.24, 2.45) is 0 Å². The van der Waals surface area contributed by atoms with Gasteiger partial charge in [-0.1, -0.05) is 13.0 Å². The first-order chi connectivity index (χ1) is 9.82. The lowest BCUT2D eigenvalue weighted by atomic mass is 10.2. The molecule has 0 aliphatic carbocycles. The largest absolute Gasteiger partial charge is 0.392 e. The van der Waals surface area contributed by atoms with Crippen LogP contribution in [0, 0.1) is 0 Å². The van der Waals surface area contributed by atoms with Gasteiger partial charge in [0.15, 0.2) is 0 Å². The minimum absolute atomic E-state index is 0.112. The van der Waals surface area contributed by atoms with E-state index in [1.54, 1.807) is 18.2 Å². The molecule has 0 aliphatic heterocycles. The predicted molar refractivity (Wildman–Crippen MR) is 87.7 cm³/mol. The van der Waals surface area contributed by atoms with Crippen LogP contribution in [0.5, 0.6) is 0 Å². The van der Waals surface area contributed by atoms with Crippen LogP contribution in [0.3, 0.4) is 0 Å². The smallest absolute Gasteiger partial charge is 0.244 e. The fourth-order valence-electron chi connectivity index (χ4n) is 2.00. The predicted octanol–water partition coefficient (Wildman–Crippen LogP) is 1.90. The van der Waals surface area contributed by atoms with Gasteiger partial charge in [-0.05, 0) is 60.7 Å². The number of nitrogens with zero attached hydrogens (tertiary/aromatic N) is 2. The van der Waals surface area contributed by atoms with Gasteiger partial charge in [0.1, 0.15) is 0 Å². The summed E-state index contributed by atoms with van der Waals surface area (Å²) in [6, 6.07) is 4.81. The zero-order valence-electron chi connectivity index (χ0n) is 12.7. The van der Waals surface area contributed by atoms with Crippen LogP contribution in [-0.2, 0) is 16.6 Å². The molecule has 0 saturated carbocycles. The van der Waals surface area contributed by atoms with Gasteiger partial charge in [0.2, 0.25) is 10.0 Å². The Balaban J connectivity index is 2.96. The number of hydrogen-bond donors (Lipinski definition) is 1. The maximum absolute atomic E-state index is 12.7. The highest BCUT2D eigenvalue weighted by atomic mass is 79.9. The normalized spacial score (nSPS) is 12.3. The molecule has 0 aromatic heterocycles. The van der Waals surface area contributed by atoms with Gasteiger partial charge in [0.05, 0.1) is 11.5 Å². The highest BCUT2D eigenvalue weighted by molar-refractivity contribution is 9.10. The molecule has 0 saturated heterocycles. The van der Waals surface area contributed by atoms with Crippen molar-refractivity contribution >= 4 is 26.0 Å². The van der Waals surface area contributed by atoms with E-state index in [9.17, 15) is 8.42 Å². The second-order valence-electron chi connectivity index (χ2n) is 5.08. The van der Waals surface area contributed by atoms with Crippen molar-refractivity contribution in [3.8, 4) is 0 Å². The first kappa shape index (κ1) is 18.6. The molecule has 0 bridgehead atoms. The fourth-order valence-corrected chi connectivity index (χ4v) is 4.58. The maximum Gasteiger partial charge on any atom is 0.244 e. The van der Waals surface area contributed by atoms with Crippen LogP contribution in [-0.4, -0.2) is 56.5 Å². The third kappa shape index (κ3) is 5.03. The summed E-state index contributed by atoms with van der Waals surface area (Å²) in [5.74, 6) is 0. The Labute approximate surface area is 135 Å². The van der Waals surface area contributed by atoms with E-state index in [0.29, 0.717) is 23.1 Å². The van der Waals surface area contributed by atoms with Crippen LogP contribution in [0.25, 0.3) is 0 Å². The first-order valence-electron chi connectivity index (χ1n) is 6.87. The Hall–Kier alpha value is -0.470. The number of sulfonamides is 1. The Morgan fingerprint density at radius 2 is 1.90 bits per heavy atom. The highest BCUT2D eigenvalue weighted by Crippen LogP contribution is 2.26. The molecule has 0 spiro atoms. The number of benzene rings is 1. The number of aliphatic hydroxyl groups excluding tert-OH is 1. The number of rotatable bonds is 8. The maximum atomic E-state index is 12.7. The quantitative estimate of drug-likeness (QED) is 0.750. The fraction of sp³-hybridized carbons (Fsp3) is 0.571. The summed E-state index contributed by atoms with van der Waals surface area (Å²) < 4.78 is 27.3. The number of hydrogen-bond acceptors (Lipinski definition) is 4. The number of aliphatic hydroxyl groups is 1. The summed E-state index contributed by atoms with van der Waals surface area (Å²) in [7, 11) is 0.416. The molecule has 0 heterocycles. The second kappa shape index (κ2) is 8.24. The van der Waals surface area contributed by atoms with E-state index in [0.717, 1.165) is 13.0 Å². The van der Waals surface area contributed by atoms with Crippen molar-refractivity contribution in [3.63, 3.8) is 0 Å². The van der Waals surface area contributed by atoms with E-state index in [1.165, 1.54) is 4.31 Å². The van der Waals surface area contributed by atoms with Crippen molar-refractivity contribution in [2.45, 2.75) is 24.8 Å². The van der Waals surface area contributed by atoms with Crippen LogP contribution in [0.2, 0.25) is 0 Å². The van der Waals surface area contributed by atoms with Crippen molar-refractivity contribution in [1.82, 2.24) is 9.21 Å². The van der Waals surface area contributed by atoms with Crippen LogP contribution in [0.15, 0.2) is 27.6 Å². The lowest BCUT2D eigenvalue weighted by Crippen LogP contribution is -2.33. The molecule has 1 aromatic rings. The molecule has 0 amide bonds. The molecule has 1 N–H and O–H groups in total. The SMILES string of the molecule is CCN(CCCN(C)C)S(=O)(=O)c1ccc(CO)cc1Br. The van der Waals surface area contributed by atoms with Gasteiger partial charge in [0, 0.05) is 17.6 Å². The van der Waals surface area contributed by atoms with Gasteiger partial charge in [0.25, 0.3) is 0 Å². The molecule has 0 aliphatic rings. The number of halogens is 1. The third-order valence-electron chi connectivity index (χ3n) is 3.16. The van der Waals surface area contributed by atoms with Gasteiger partial charge < -0.3 is 10.0 Å². The monoisotopic (exact) mass is 378 g/mol. The summed E-state index contributed by atoms with van der Waals surface area (Å²) in [4.78, 5) is 2.28. The zero-order chi connectivity index (χ0) is 16.0. The molecule has 5 nitrogen and oxygen atoms in total. The van der Waals surface area contributed by atoms with E-state index < -0.39 is 10.0 Å². The van der Waals surface area contributed by atoms with Gasteiger partial charge in [-0.15, -0.1) is 0 Å². The second-order valence-corrected chi connectivity index (χ2v) is 7.84. The van der Waals surface area contributed by atoms with Crippen LogP contribution >= 0.6 is 15.9 Å². The summed E-state index contributed by atoms with van der Waals surface area (Å²) in [5.41, 5.74) is 0.677. The molecule has 1 aromatic carbocycles. The third-order valence-corrected chi connectivity index (χ3v) is 6.11. The summed E-state index contributed by atoms with van der Waals surface area (Å²) >= 11 is 3.29. The molecule has 0 fully saturated rings. The van der Waals surface area contributed by atoms with E-state index in [2.05, 4.69) is 15.9 Å². The van der Waals surface area contributed by atoms with Gasteiger partial charge in [-0.2, -0.15) is 4.31 Å².